The molecule has 1 unspecified atom stereocenters. The Morgan fingerprint density at radius 3 is 2.67 bits per heavy atom. The van der Waals surface area contributed by atoms with Crippen molar-refractivity contribution in [2.45, 2.75) is 52.9 Å². The van der Waals surface area contributed by atoms with Crippen molar-refractivity contribution >= 4 is 21.7 Å². The molecule has 0 aliphatic heterocycles. The number of hydrogen-bond acceptors (Lipinski definition) is 1. The van der Waals surface area contributed by atoms with Gasteiger partial charge in [-0.1, -0.05) is 61.5 Å². The molecule has 0 N–H and O–H groups in total. The molecular formula is C16H23BrO. The molecule has 0 amide bonds. The molecule has 0 fully saturated rings. The first kappa shape index (κ1) is 15.4. The standard InChI is InChI=1S/C16H23BrO/c1-4-6-7-13(5-2)10-16(18)15-11-14(17)9-8-12(15)3/h8-9,11,13H,4-7,10H2,1-3H3. The van der Waals surface area contributed by atoms with Gasteiger partial charge in [0.15, 0.2) is 5.78 Å². The number of carbonyl (C=O) groups excluding carboxylic acids is 1. The minimum atomic E-state index is 0.289. The summed E-state index contributed by atoms with van der Waals surface area (Å²) in [5.74, 6) is 0.826. The van der Waals surface area contributed by atoms with Crippen LogP contribution in [0.3, 0.4) is 0 Å². The zero-order valence-electron chi connectivity index (χ0n) is 11.6. The van der Waals surface area contributed by atoms with E-state index >= 15 is 0 Å². The van der Waals surface area contributed by atoms with Crippen LogP contribution in [0.15, 0.2) is 22.7 Å². The molecule has 1 rings (SSSR count). The third kappa shape index (κ3) is 4.56. The van der Waals surface area contributed by atoms with Gasteiger partial charge in [0.05, 0.1) is 0 Å². The molecule has 1 aromatic carbocycles. The molecule has 18 heavy (non-hydrogen) atoms. The van der Waals surface area contributed by atoms with Gasteiger partial charge in [-0.25, -0.2) is 0 Å². The summed E-state index contributed by atoms with van der Waals surface area (Å²) in [4.78, 5) is 12.3. The second-order valence-electron chi connectivity index (χ2n) is 5.00. The first-order valence-electron chi connectivity index (χ1n) is 6.87. The van der Waals surface area contributed by atoms with Crippen LogP contribution in [0.5, 0.6) is 0 Å². The molecular weight excluding hydrogens is 288 g/mol. The number of hydrogen-bond donors (Lipinski definition) is 0. The second kappa shape index (κ2) is 7.73. The summed E-state index contributed by atoms with van der Waals surface area (Å²) in [6.45, 7) is 6.39. The average Bonchev–Trinajstić information content (AvgIpc) is 2.37. The van der Waals surface area contributed by atoms with Crippen LogP contribution in [0.4, 0.5) is 0 Å². The van der Waals surface area contributed by atoms with Gasteiger partial charge in [0.2, 0.25) is 0 Å². The van der Waals surface area contributed by atoms with Gasteiger partial charge >= 0.3 is 0 Å². The van der Waals surface area contributed by atoms with Crippen molar-refractivity contribution in [1.82, 2.24) is 0 Å². The minimum absolute atomic E-state index is 0.289. The summed E-state index contributed by atoms with van der Waals surface area (Å²) in [7, 11) is 0. The van der Waals surface area contributed by atoms with E-state index in [1.165, 1.54) is 19.3 Å². The van der Waals surface area contributed by atoms with Crippen LogP contribution in [-0.2, 0) is 0 Å². The van der Waals surface area contributed by atoms with Gasteiger partial charge in [0.1, 0.15) is 0 Å². The molecule has 0 spiro atoms. The highest BCUT2D eigenvalue weighted by atomic mass is 79.9. The van der Waals surface area contributed by atoms with E-state index in [0.717, 1.165) is 22.0 Å². The predicted octanol–water partition coefficient (Wildman–Crippen LogP) is 5.55. The van der Waals surface area contributed by atoms with E-state index in [2.05, 4.69) is 29.8 Å². The Bertz CT molecular complexity index is 398. The first-order valence-corrected chi connectivity index (χ1v) is 7.67. The molecule has 0 aliphatic carbocycles. The average molecular weight is 311 g/mol. The summed E-state index contributed by atoms with van der Waals surface area (Å²) in [5, 5.41) is 0. The number of unbranched alkanes of at least 4 members (excludes halogenated alkanes) is 1. The van der Waals surface area contributed by atoms with Crippen molar-refractivity contribution < 1.29 is 4.79 Å². The van der Waals surface area contributed by atoms with Gasteiger partial charge in [-0.3, -0.25) is 4.79 Å². The monoisotopic (exact) mass is 310 g/mol. The molecule has 0 bridgehead atoms. The molecule has 2 heteroatoms. The van der Waals surface area contributed by atoms with E-state index in [9.17, 15) is 4.79 Å². The van der Waals surface area contributed by atoms with Crippen molar-refractivity contribution in [3.63, 3.8) is 0 Å². The van der Waals surface area contributed by atoms with Crippen LogP contribution < -0.4 is 0 Å². The fourth-order valence-corrected chi connectivity index (χ4v) is 2.57. The van der Waals surface area contributed by atoms with E-state index in [0.29, 0.717) is 12.3 Å². The minimum Gasteiger partial charge on any atom is -0.294 e. The van der Waals surface area contributed by atoms with Crippen molar-refractivity contribution in [3.05, 3.63) is 33.8 Å². The topological polar surface area (TPSA) is 17.1 Å². The number of Topliss-reactive ketones (excluding diaryl/α,β-unsaturated/α-hetero) is 1. The summed E-state index contributed by atoms with van der Waals surface area (Å²) >= 11 is 3.44. The van der Waals surface area contributed by atoms with Gasteiger partial charge < -0.3 is 0 Å². The summed E-state index contributed by atoms with van der Waals surface area (Å²) in [5.41, 5.74) is 1.95. The predicted molar refractivity (Wildman–Crippen MR) is 81.1 cm³/mol. The molecule has 0 radical (unpaired) electrons. The molecule has 1 nitrogen and oxygen atoms in total. The number of aryl methyl sites for hydroxylation is 1. The maximum atomic E-state index is 12.3. The van der Waals surface area contributed by atoms with Gasteiger partial charge in [-0.2, -0.15) is 0 Å². The Hall–Kier alpha value is -0.630. The quantitative estimate of drug-likeness (QED) is 0.604. The van der Waals surface area contributed by atoms with E-state index in [1.54, 1.807) is 0 Å². The normalized spacial score (nSPS) is 12.4. The van der Waals surface area contributed by atoms with Crippen LogP contribution >= 0.6 is 15.9 Å². The fraction of sp³-hybridized carbons (Fsp3) is 0.562. The summed E-state index contributed by atoms with van der Waals surface area (Å²) in [6.07, 6.45) is 5.39. The number of benzene rings is 1. The van der Waals surface area contributed by atoms with E-state index in [-0.39, 0.29) is 5.78 Å². The maximum Gasteiger partial charge on any atom is 0.163 e. The van der Waals surface area contributed by atoms with Crippen LogP contribution in [0.1, 0.15) is 61.9 Å². The van der Waals surface area contributed by atoms with Gasteiger partial charge in [0, 0.05) is 16.5 Å². The highest BCUT2D eigenvalue weighted by Gasteiger charge is 2.15. The zero-order chi connectivity index (χ0) is 13.5. The molecule has 0 saturated heterocycles. The number of rotatable bonds is 7. The third-order valence-electron chi connectivity index (χ3n) is 3.52. The van der Waals surface area contributed by atoms with Crippen molar-refractivity contribution in [1.29, 1.82) is 0 Å². The number of ketones is 1. The van der Waals surface area contributed by atoms with Gasteiger partial charge in [-0.05, 0) is 30.5 Å². The molecule has 0 aromatic heterocycles. The Morgan fingerprint density at radius 1 is 1.33 bits per heavy atom. The SMILES string of the molecule is CCCCC(CC)CC(=O)c1cc(Br)ccc1C. The maximum absolute atomic E-state index is 12.3. The Kier molecular flexibility index (Phi) is 6.62. The summed E-state index contributed by atoms with van der Waals surface area (Å²) < 4.78 is 0.984. The first-order chi connectivity index (χ1) is 8.58. The molecule has 0 aliphatic rings. The smallest absolute Gasteiger partial charge is 0.163 e. The third-order valence-corrected chi connectivity index (χ3v) is 4.01. The number of halogens is 1. The Balaban J connectivity index is 2.71. The lowest BCUT2D eigenvalue weighted by molar-refractivity contribution is 0.0956. The lowest BCUT2D eigenvalue weighted by Crippen LogP contribution is -2.09. The van der Waals surface area contributed by atoms with E-state index < -0.39 is 0 Å². The van der Waals surface area contributed by atoms with Crippen LogP contribution in [0, 0.1) is 12.8 Å². The summed E-state index contributed by atoms with van der Waals surface area (Å²) in [6, 6.07) is 5.94. The van der Waals surface area contributed by atoms with Crippen LogP contribution in [0.25, 0.3) is 0 Å². The Morgan fingerprint density at radius 2 is 2.06 bits per heavy atom. The van der Waals surface area contributed by atoms with Crippen molar-refractivity contribution in [2.75, 3.05) is 0 Å². The van der Waals surface area contributed by atoms with E-state index in [1.807, 2.05) is 25.1 Å². The lowest BCUT2D eigenvalue weighted by atomic mass is 9.90. The lowest BCUT2D eigenvalue weighted by Gasteiger charge is -2.14. The molecule has 1 atom stereocenters. The Labute approximate surface area is 119 Å². The molecule has 0 heterocycles. The van der Waals surface area contributed by atoms with Crippen molar-refractivity contribution in [3.8, 4) is 0 Å². The van der Waals surface area contributed by atoms with Crippen molar-refractivity contribution in [2.24, 2.45) is 5.92 Å². The molecule has 0 saturated carbocycles. The zero-order valence-corrected chi connectivity index (χ0v) is 13.2. The van der Waals surface area contributed by atoms with Gasteiger partial charge in [-0.15, -0.1) is 0 Å². The second-order valence-corrected chi connectivity index (χ2v) is 5.92. The number of carbonyl (C=O) groups is 1. The van der Waals surface area contributed by atoms with Crippen LogP contribution in [-0.4, -0.2) is 5.78 Å². The largest absolute Gasteiger partial charge is 0.294 e. The highest BCUT2D eigenvalue weighted by Crippen LogP contribution is 2.22. The molecule has 100 valence electrons. The fourth-order valence-electron chi connectivity index (χ4n) is 2.21. The highest BCUT2D eigenvalue weighted by molar-refractivity contribution is 9.10. The van der Waals surface area contributed by atoms with E-state index in [4.69, 9.17) is 0 Å². The van der Waals surface area contributed by atoms with Gasteiger partial charge in [0.25, 0.3) is 0 Å². The molecule has 1 aromatic rings. The van der Waals surface area contributed by atoms with Crippen LogP contribution in [0.2, 0.25) is 0 Å².